The topological polar surface area (TPSA) is 68.0 Å². The van der Waals surface area contributed by atoms with Crippen LogP contribution in [0.2, 0.25) is 5.02 Å². The van der Waals surface area contributed by atoms with Crippen LogP contribution in [0.5, 0.6) is 0 Å². The van der Waals surface area contributed by atoms with Crippen molar-refractivity contribution >= 4 is 44.9 Å². The minimum Gasteiger partial charge on any atom is -0.451 e. The number of nitrogens with zero attached hydrogens (tertiary/aromatic N) is 2. The number of rotatable bonds is 5. The average molecular weight is 350 g/mol. The number of carbonyl (C=O) groups is 1. The molecule has 0 unspecified atom stereocenters. The van der Waals surface area contributed by atoms with Crippen LogP contribution in [0.3, 0.4) is 0 Å². The molecule has 3 aromatic rings. The molecule has 0 aliphatic carbocycles. The average Bonchev–Trinajstić information content (AvgIpc) is 3.15. The van der Waals surface area contributed by atoms with E-state index in [4.69, 9.17) is 16.0 Å². The summed E-state index contributed by atoms with van der Waals surface area (Å²) in [5.41, 5.74) is 0.620. The highest BCUT2D eigenvalue weighted by molar-refractivity contribution is 7.15. The molecule has 23 heavy (non-hydrogen) atoms. The standard InChI is InChI=1S/C16H16ClN3O2S/c1-3-9(4-2)15-19-20-16(23-15)18-14(21)13-8-10-7-11(17)5-6-12(10)22-13/h5-9H,3-4H2,1-2H3,(H,18,20,21). The number of aromatic nitrogens is 2. The molecule has 5 nitrogen and oxygen atoms in total. The van der Waals surface area contributed by atoms with E-state index in [1.807, 2.05) is 0 Å². The third-order valence-corrected chi connectivity index (χ3v) is 4.93. The lowest BCUT2D eigenvalue weighted by molar-refractivity contribution is 0.0998. The molecule has 1 aromatic carbocycles. The molecule has 0 aliphatic heterocycles. The van der Waals surface area contributed by atoms with Gasteiger partial charge in [0.2, 0.25) is 5.13 Å². The van der Waals surface area contributed by atoms with Crippen LogP contribution in [0, 0.1) is 0 Å². The molecule has 1 amide bonds. The minimum atomic E-state index is -0.343. The van der Waals surface area contributed by atoms with E-state index in [9.17, 15) is 4.79 Å². The zero-order chi connectivity index (χ0) is 16.4. The van der Waals surface area contributed by atoms with E-state index in [0.717, 1.165) is 23.2 Å². The maximum absolute atomic E-state index is 12.3. The van der Waals surface area contributed by atoms with Crippen molar-refractivity contribution in [3.05, 3.63) is 40.1 Å². The van der Waals surface area contributed by atoms with Gasteiger partial charge in [0.25, 0.3) is 5.91 Å². The molecule has 120 valence electrons. The summed E-state index contributed by atoms with van der Waals surface area (Å²) < 4.78 is 5.54. The van der Waals surface area contributed by atoms with Crippen molar-refractivity contribution in [3.63, 3.8) is 0 Å². The number of hydrogen-bond acceptors (Lipinski definition) is 5. The summed E-state index contributed by atoms with van der Waals surface area (Å²) in [6, 6.07) is 6.89. The van der Waals surface area contributed by atoms with Gasteiger partial charge in [0.05, 0.1) is 0 Å². The fourth-order valence-electron chi connectivity index (χ4n) is 2.37. The van der Waals surface area contributed by atoms with Crippen molar-refractivity contribution in [1.29, 1.82) is 0 Å². The van der Waals surface area contributed by atoms with Gasteiger partial charge in [0.15, 0.2) is 5.76 Å². The molecule has 0 fully saturated rings. The molecule has 0 spiro atoms. The first-order chi connectivity index (χ1) is 11.1. The molecule has 7 heteroatoms. The van der Waals surface area contributed by atoms with Crippen LogP contribution in [0.15, 0.2) is 28.7 Å². The molecule has 2 aromatic heterocycles. The second-order valence-electron chi connectivity index (χ2n) is 5.21. The Kier molecular flexibility index (Phi) is 4.63. The van der Waals surface area contributed by atoms with Gasteiger partial charge in [-0.25, -0.2) is 0 Å². The Bertz CT molecular complexity index is 839. The fourth-order valence-corrected chi connectivity index (χ4v) is 3.56. The smallest absolute Gasteiger partial charge is 0.293 e. The van der Waals surface area contributed by atoms with Gasteiger partial charge in [-0.1, -0.05) is 36.8 Å². The molecule has 0 saturated heterocycles. The van der Waals surface area contributed by atoms with Crippen LogP contribution < -0.4 is 5.32 Å². The van der Waals surface area contributed by atoms with Crippen molar-refractivity contribution in [2.75, 3.05) is 5.32 Å². The Morgan fingerprint density at radius 3 is 2.83 bits per heavy atom. The number of anilines is 1. The fraction of sp³-hybridized carbons (Fsp3) is 0.312. The summed E-state index contributed by atoms with van der Waals surface area (Å²) in [5, 5.41) is 13.8. The maximum atomic E-state index is 12.3. The number of benzene rings is 1. The van der Waals surface area contributed by atoms with Gasteiger partial charge in [-0.3, -0.25) is 10.1 Å². The first-order valence-corrected chi connectivity index (χ1v) is 8.64. The summed E-state index contributed by atoms with van der Waals surface area (Å²) in [5.74, 6) is 0.262. The molecule has 0 saturated carbocycles. The summed E-state index contributed by atoms with van der Waals surface area (Å²) in [6.07, 6.45) is 2.01. The van der Waals surface area contributed by atoms with E-state index in [2.05, 4.69) is 29.4 Å². The van der Waals surface area contributed by atoms with Crippen molar-refractivity contribution in [3.8, 4) is 0 Å². The highest BCUT2D eigenvalue weighted by Crippen LogP contribution is 2.29. The first-order valence-electron chi connectivity index (χ1n) is 7.44. The van der Waals surface area contributed by atoms with E-state index < -0.39 is 0 Å². The number of furan rings is 1. The first kappa shape index (κ1) is 16.0. The number of hydrogen-bond donors (Lipinski definition) is 1. The van der Waals surface area contributed by atoms with Crippen molar-refractivity contribution in [1.82, 2.24) is 10.2 Å². The van der Waals surface area contributed by atoms with Gasteiger partial charge in [-0.2, -0.15) is 0 Å². The molecular formula is C16H16ClN3O2S. The lowest BCUT2D eigenvalue weighted by Gasteiger charge is -2.05. The second kappa shape index (κ2) is 6.68. The van der Waals surface area contributed by atoms with E-state index in [1.54, 1.807) is 24.3 Å². The molecule has 0 radical (unpaired) electrons. The van der Waals surface area contributed by atoms with E-state index in [0.29, 0.717) is 21.7 Å². The van der Waals surface area contributed by atoms with Gasteiger partial charge >= 0.3 is 0 Å². The highest BCUT2D eigenvalue weighted by atomic mass is 35.5. The van der Waals surface area contributed by atoms with Crippen LogP contribution in [0.25, 0.3) is 11.0 Å². The Balaban J connectivity index is 1.78. The highest BCUT2D eigenvalue weighted by Gasteiger charge is 2.17. The third kappa shape index (κ3) is 3.38. The maximum Gasteiger partial charge on any atom is 0.293 e. The normalized spacial score (nSPS) is 11.3. The van der Waals surface area contributed by atoms with Crippen LogP contribution >= 0.6 is 22.9 Å². The lowest BCUT2D eigenvalue weighted by atomic mass is 10.1. The van der Waals surface area contributed by atoms with Crippen LogP contribution in [-0.4, -0.2) is 16.1 Å². The predicted octanol–water partition coefficient (Wildman–Crippen LogP) is 5.09. The molecular weight excluding hydrogens is 334 g/mol. The Labute approximate surface area is 142 Å². The number of carbonyl (C=O) groups excluding carboxylic acids is 1. The molecule has 0 bridgehead atoms. The Morgan fingerprint density at radius 2 is 2.09 bits per heavy atom. The van der Waals surface area contributed by atoms with E-state index in [-0.39, 0.29) is 11.7 Å². The largest absolute Gasteiger partial charge is 0.451 e. The molecule has 3 rings (SSSR count). The van der Waals surface area contributed by atoms with E-state index >= 15 is 0 Å². The Hall–Kier alpha value is -1.92. The monoisotopic (exact) mass is 349 g/mol. The molecule has 1 N–H and O–H groups in total. The third-order valence-electron chi connectivity index (χ3n) is 3.70. The van der Waals surface area contributed by atoms with E-state index in [1.165, 1.54) is 11.3 Å². The number of fused-ring (bicyclic) bond motifs is 1. The Morgan fingerprint density at radius 1 is 1.30 bits per heavy atom. The number of amides is 1. The van der Waals surface area contributed by atoms with Crippen LogP contribution in [0.1, 0.15) is 48.2 Å². The summed E-state index contributed by atoms with van der Waals surface area (Å²) >= 11 is 7.34. The quantitative estimate of drug-likeness (QED) is 0.696. The van der Waals surface area contributed by atoms with Gasteiger partial charge in [-0.05, 0) is 37.1 Å². The van der Waals surface area contributed by atoms with Gasteiger partial charge in [0.1, 0.15) is 10.6 Å². The van der Waals surface area contributed by atoms with Gasteiger partial charge < -0.3 is 4.42 Å². The minimum absolute atomic E-state index is 0.224. The molecule has 0 aliphatic rings. The second-order valence-corrected chi connectivity index (χ2v) is 6.65. The number of halogens is 1. The summed E-state index contributed by atoms with van der Waals surface area (Å²) in [6.45, 7) is 4.24. The summed E-state index contributed by atoms with van der Waals surface area (Å²) in [7, 11) is 0. The predicted molar refractivity (Wildman–Crippen MR) is 92.4 cm³/mol. The summed E-state index contributed by atoms with van der Waals surface area (Å²) in [4.78, 5) is 12.3. The van der Waals surface area contributed by atoms with Gasteiger partial charge in [-0.15, -0.1) is 10.2 Å². The van der Waals surface area contributed by atoms with Crippen molar-refractivity contribution < 1.29 is 9.21 Å². The van der Waals surface area contributed by atoms with Crippen molar-refractivity contribution in [2.24, 2.45) is 0 Å². The molecule has 2 heterocycles. The van der Waals surface area contributed by atoms with Crippen molar-refractivity contribution in [2.45, 2.75) is 32.6 Å². The molecule has 0 atom stereocenters. The SMILES string of the molecule is CCC(CC)c1nnc(NC(=O)c2cc3cc(Cl)ccc3o2)s1. The van der Waals surface area contributed by atoms with Crippen LogP contribution in [0.4, 0.5) is 5.13 Å². The lowest BCUT2D eigenvalue weighted by Crippen LogP contribution is -2.10. The number of nitrogens with one attached hydrogen (secondary N) is 1. The van der Waals surface area contributed by atoms with Gasteiger partial charge in [0, 0.05) is 16.3 Å². The zero-order valence-corrected chi connectivity index (χ0v) is 14.4. The zero-order valence-electron chi connectivity index (χ0n) is 12.8. The van der Waals surface area contributed by atoms with Crippen LogP contribution in [-0.2, 0) is 0 Å².